The van der Waals surface area contributed by atoms with Gasteiger partial charge in [0, 0.05) is 12.6 Å². The molecule has 212 valence electrons. The van der Waals surface area contributed by atoms with Crippen molar-refractivity contribution in [3.8, 4) is 11.8 Å². The summed E-state index contributed by atoms with van der Waals surface area (Å²) in [6, 6.07) is 2.82. The summed E-state index contributed by atoms with van der Waals surface area (Å²) in [5.74, 6) is -5.54. The molecule has 0 bridgehead atoms. The van der Waals surface area contributed by atoms with E-state index in [0.29, 0.717) is 36.0 Å². The van der Waals surface area contributed by atoms with E-state index in [0.717, 1.165) is 12.8 Å². The number of carbonyl (C=O) groups is 1. The van der Waals surface area contributed by atoms with Gasteiger partial charge >= 0.3 is 18.4 Å². The summed E-state index contributed by atoms with van der Waals surface area (Å²) in [5.41, 5.74) is -6.78. The number of hydrogen-bond acceptors (Lipinski definition) is 5. The van der Waals surface area contributed by atoms with E-state index in [4.69, 9.17) is 27.9 Å². The third-order valence-electron chi connectivity index (χ3n) is 6.41. The summed E-state index contributed by atoms with van der Waals surface area (Å²) < 4.78 is 117. The first kappa shape index (κ1) is 29.2. The number of halogens is 10. The number of ether oxygens (including phenoxy) is 1. The van der Waals surface area contributed by atoms with Gasteiger partial charge in [-0.25, -0.2) is 23.2 Å². The van der Waals surface area contributed by atoms with Crippen LogP contribution in [0.4, 0.5) is 45.7 Å². The van der Waals surface area contributed by atoms with Gasteiger partial charge in [-0.2, -0.15) is 36.7 Å². The number of likely N-dealkylation sites (tertiary alicyclic amines) is 1. The average molecular weight is 606 g/mol. The number of nitrogens with zero attached hydrogens (tertiary/aromatic N) is 5. The number of nitriles is 1. The lowest BCUT2D eigenvalue weighted by atomic mass is 10.2. The van der Waals surface area contributed by atoms with E-state index in [1.54, 1.807) is 0 Å². The monoisotopic (exact) mass is 605 g/mol. The number of alkyl halides is 8. The highest BCUT2D eigenvalue weighted by Gasteiger charge is 2.88. The van der Waals surface area contributed by atoms with Crippen molar-refractivity contribution < 1.29 is 44.7 Å². The number of anilines is 1. The van der Waals surface area contributed by atoms with E-state index in [1.807, 2.05) is 4.90 Å². The molecule has 1 amide bonds. The minimum Gasteiger partial charge on any atom is -0.448 e. The minimum atomic E-state index is -5.71. The van der Waals surface area contributed by atoms with Crippen molar-refractivity contribution in [2.45, 2.75) is 43.1 Å². The lowest BCUT2D eigenvalue weighted by Crippen LogP contribution is -2.56. The standard InChI is InChI=1S/C22H17Cl2F8N5O2/c23-14-7-12(21(27,28)29)8-15(24)17(14)37-16(9-13(10-33)34-37)36(19(22(30,31)32)11-20(19,25)26)18(38)39-6-5-35-3-1-2-4-35/h7-9H,1-6,11H2. The Hall–Kier alpha value is -2.83. The van der Waals surface area contributed by atoms with Crippen LogP contribution < -0.4 is 4.90 Å². The van der Waals surface area contributed by atoms with Crippen molar-refractivity contribution in [3.05, 3.63) is 39.5 Å². The second kappa shape index (κ2) is 9.97. The van der Waals surface area contributed by atoms with Crippen LogP contribution in [0.15, 0.2) is 18.2 Å². The Kier molecular flexibility index (Phi) is 7.46. The summed E-state index contributed by atoms with van der Waals surface area (Å²) in [4.78, 5) is 14.6. The molecule has 7 nitrogen and oxygen atoms in total. The van der Waals surface area contributed by atoms with Crippen LogP contribution in [0.3, 0.4) is 0 Å². The van der Waals surface area contributed by atoms with Crippen LogP contribution in [-0.4, -0.2) is 64.7 Å². The highest BCUT2D eigenvalue weighted by Crippen LogP contribution is 2.65. The van der Waals surface area contributed by atoms with Gasteiger partial charge in [-0.3, -0.25) is 4.90 Å². The molecule has 1 saturated carbocycles. The zero-order valence-corrected chi connectivity index (χ0v) is 21.0. The van der Waals surface area contributed by atoms with Gasteiger partial charge in [0.15, 0.2) is 5.69 Å². The molecule has 1 aromatic carbocycles. The molecule has 39 heavy (non-hydrogen) atoms. The highest BCUT2D eigenvalue weighted by molar-refractivity contribution is 6.38. The van der Waals surface area contributed by atoms with E-state index in [1.165, 1.54) is 6.07 Å². The van der Waals surface area contributed by atoms with Crippen LogP contribution in [0.25, 0.3) is 5.69 Å². The zero-order chi connectivity index (χ0) is 29.0. The number of hydrogen-bond donors (Lipinski definition) is 0. The number of rotatable bonds is 6. The number of aromatic nitrogens is 2. The van der Waals surface area contributed by atoms with Gasteiger partial charge in [0.25, 0.3) is 5.92 Å². The largest absolute Gasteiger partial charge is 0.448 e. The minimum absolute atomic E-state index is 0.119. The maximum absolute atomic E-state index is 14.5. The molecule has 1 unspecified atom stereocenters. The second-order valence-corrected chi connectivity index (χ2v) is 9.75. The average Bonchev–Trinajstić information content (AvgIpc) is 3.18. The molecule has 1 aromatic heterocycles. The second-order valence-electron chi connectivity index (χ2n) is 8.94. The Morgan fingerprint density at radius 3 is 2.13 bits per heavy atom. The van der Waals surface area contributed by atoms with Crippen LogP contribution in [0.2, 0.25) is 10.0 Å². The molecule has 1 aliphatic carbocycles. The summed E-state index contributed by atoms with van der Waals surface area (Å²) in [6.45, 7) is 0.966. The predicted molar refractivity (Wildman–Crippen MR) is 121 cm³/mol. The molecule has 0 radical (unpaired) electrons. The predicted octanol–water partition coefficient (Wildman–Crippen LogP) is 6.45. The number of carbonyl (C=O) groups excluding carboxylic acids is 1. The van der Waals surface area contributed by atoms with Gasteiger partial charge in [-0.1, -0.05) is 23.2 Å². The zero-order valence-electron chi connectivity index (χ0n) is 19.5. The first-order chi connectivity index (χ1) is 18.0. The Balaban J connectivity index is 1.85. The fourth-order valence-corrected chi connectivity index (χ4v) is 5.06. The molecule has 1 atom stereocenters. The van der Waals surface area contributed by atoms with Crippen molar-refractivity contribution >= 4 is 35.1 Å². The molecule has 2 aromatic rings. The fraction of sp³-hybridized carbons (Fsp3) is 0.500. The molecule has 2 aliphatic rings. The van der Waals surface area contributed by atoms with Crippen LogP contribution in [-0.2, 0) is 10.9 Å². The van der Waals surface area contributed by atoms with Crippen molar-refractivity contribution in [1.82, 2.24) is 14.7 Å². The van der Waals surface area contributed by atoms with Gasteiger partial charge in [-0.05, 0) is 38.1 Å². The van der Waals surface area contributed by atoms with Gasteiger partial charge < -0.3 is 4.74 Å². The molecule has 17 heteroatoms. The van der Waals surface area contributed by atoms with Crippen LogP contribution in [0, 0.1) is 11.3 Å². The first-order valence-electron chi connectivity index (χ1n) is 11.2. The van der Waals surface area contributed by atoms with Gasteiger partial charge in [-0.15, -0.1) is 0 Å². The van der Waals surface area contributed by atoms with E-state index in [9.17, 15) is 45.2 Å². The summed E-state index contributed by atoms with van der Waals surface area (Å²) in [7, 11) is 0. The Labute approximate surface area is 225 Å². The van der Waals surface area contributed by atoms with Crippen molar-refractivity contribution in [2.75, 3.05) is 31.1 Å². The molecule has 1 aliphatic heterocycles. The molecule has 4 rings (SSSR count). The molecule has 2 heterocycles. The molecule has 0 spiro atoms. The maximum Gasteiger partial charge on any atom is 0.418 e. The molecular formula is C22H17Cl2F8N5O2. The quantitative estimate of drug-likeness (QED) is 0.354. The maximum atomic E-state index is 14.5. The third-order valence-corrected chi connectivity index (χ3v) is 6.99. The van der Waals surface area contributed by atoms with Crippen LogP contribution >= 0.6 is 23.2 Å². The summed E-state index contributed by atoms with van der Waals surface area (Å²) in [5, 5.41) is 11.4. The number of amides is 1. The van der Waals surface area contributed by atoms with Gasteiger partial charge in [0.1, 0.15) is 24.2 Å². The smallest absolute Gasteiger partial charge is 0.418 e. The Morgan fingerprint density at radius 1 is 1.10 bits per heavy atom. The van der Waals surface area contributed by atoms with E-state index < -0.39 is 75.7 Å². The Morgan fingerprint density at radius 2 is 1.67 bits per heavy atom. The molecule has 0 N–H and O–H groups in total. The number of benzene rings is 1. The SMILES string of the molecule is N#Cc1cc(N(C(=O)OCCN2CCCC2)C2(C(F)(F)F)CC2(F)F)n(-c2c(Cl)cc(C(F)(F)F)cc2Cl)n1. The molecule has 1 saturated heterocycles. The van der Waals surface area contributed by atoms with Crippen molar-refractivity contribution in [3.63, 3.8) is 0 Å². The summed E-state index contributed by atoms with van der Waals surface area (Å²) >= 11 is 12.0. The van der Waals surface area contributed by atoms with Crippen LogP contribution in [0.1, 0.15) is 30.5 Å². The molecule has 2 fully saturated rings. The topological polar surface area (TPSA) is 74.4 Å². The fourth-order valence-electron chi connectivity index (χ4n) is 4.41. The first-order valence-corrected chi connectivity index (χ1v) is 12.0. The normalized spacial score (nSPS) is 21.1. The van der Waals surface area contributed by atoms with Crippen LogP contribution in [0.5, 0.6) is 0 Å². The van der Waals surface area contributed by atoms with E-state index in [-0.39, 0.29) is 11.4 Å². The van der Waals surface area contributed by atoms with Gasteiger partial charge in [0.05, 0.1) is 22.0 Å². The van der Waals surface area contributed by atoms with E-state index in [2.05, 4.69) is 5.10 Å². The van der Waals surface area contributed by atoms with Crippen molar-refractivity contribution in [1.29, 1.82) is 5.26 Å². The highest BCUT2D eigenvalue weighted by atomic mass is 35.5. The lowest BCUT2D eigenvalue weighted by Gasteiger charge is -2.33. The van der Waals surface area contributed by atoms with E-state index >= 15 is 0 Å². The lowest BCUT2D eigenvalue weighted by molar-refractivity contribution is -0.178. The third kappa shape index (κ3) is 5.21. The van der Waals surface area contributed by atoms with Crippen molar-refractivity contribution in [2.24, 2.45) is 0 Å². The molecular weight excluding hydrogens is 589 g/mol. The summed E-state index contributed by atoms with van der Waals surface area (Å²) in [6.07, 6.45) is -12.6. The van der Waals surface area contributed by atoms with Gasteiger partial charge in [0.2, 0.25) is 5.54 Å². The Bertz CT molecular complexity index is 1290.